The van der Waals surface area contributed by atoms with Gasteiger partial charge < -0.3 is 5.11 Å². The average molecular weight is 289 g/mol. The smallest absolute Gasteiger partial charge is 0.335 e. The van der Waals surface area contributed by atoms with Gasteiger partial charge in [-0.1, -0.05) is 23.7 Å². The maximum absolute atomic E-state index is 14.0. The molecule has 0 fully saturated rings. The van der Waals surface area contributed by atoms with Gasteiger partial charge in [0.1, 0.15) is 5.82 Å². The van der Waals surface area contributed by atoms with Crippen molar-refractivity contribution in [2.75, 3.05) is 0 Å². The fraction of sp³-hybridized carbons (Fsp3) is 0. The van der Waals surface area contributed by atoms with Gasteiger partial charge in [-0.2, -0.15) is 0 Å². The van der Waals surface area contributed by atoms with Crippen LogP contribution in [-0.4, -0.2) is 15.0 Å². The number of hydrogen-bond donors (Lipinski definition) is 1. The molecular formula is C14H8FNO3S. The number of aromatic carboxylic acids is 1. The molecule has 1 N–H and O–H groups in total. The molecule has 0 atom stereocenters. The lowest BCUT2D eigenvalue weighted by Gasteiger charge is -2.03. The summed E-state index contributed by atoms with van der Waals surface area (Å²) in [5, 5.41) is 9.32. The zero-order chi connectivity index (χ0) is 14.3. The third kappa shape index (κ3) is 1.90. The highest BCUT2D eigenvalue weighted by molar-refractivity contribution is 7.14. The summed E-state index contributed by atoms with van der Waals surface area (Å²) in [6.45, 7) is 0. The standard InChI is InChI=1S/C14H8FNO3S/c15-10-7-8(14(18)19)5-6-11(10)16-13(17)9-3-1-2-4-12(9)20-16/h1-7H,(H,18,19). The number of halogens is 1. The van der Waals surface area contributed by atoms with Crippen molar-refractivity contribution in [2.45, 2.75) is 0 Å². The second kappa shape index (κ2) is 4.57. The van der Waals surface area contributed by atoms with E-state index in [4.69, 9.17) is 5.11 Å². The molecule has 0 unspecified atom stereocenters. The summed E-state index contributed by atoms with van der Waals surface area (Å²) in [6, 6.07) is 10.5. The Hall–Kier alpha value is -2.47. The van der Waals surface area contributed by atoms with Gasteiger partial charge in [0.05, 0.1) is 21.3 Å². The van der Waals surface area contributed by atoms with Crippen LogP contribution >= 0.6 is 11.5 Å². The van der Waals surface area contributed by atoms with E-state index in [1.54, 1.807) is 24.3 Å². The van der Waals surface area contributed by atoms with E-state index in [0.29, 0.717) is 5.39 Å². The fourth-order valence-electron chi connectivity index (χ4n) is 1.94. The SMILES string of the molecule is O=C(O)c1ccc(-n2sc3ccccc3c2=O)c(F)c1. The zero-order valence-electron chi connectivity index (χ0n) is 10.0. The average Bonchev–Trinajstić information content (AvgIpc) is 2.76. The molecule has 4 nitrogen and oxygen atoms in total. The van der Waals surface area contributed by atoms with Crippen LogP contribution in [0.15, 0.2) is 47.3 Å². The van der Waals surface area contributed by atoms with Gasteiger partial charge in [0.2, 0.25) is 0 Å². The first kappa shape index (κ1) is 12.6. The predicted molar refractivity (Wildman–Crippen MR) is 74.3 cm³/mol. The molecule has 0 spiro atoms. The van der Waals surface area contributed by atoms with Gasteiger partial charge in [-0.3, -0.25) is 4.79 Å². The Morgan fingerprint density at radius 2 is 1.95 bits per heavy atom. The zero-order valence-corrected chi connectivity index (χ0v) is 10.9. The minimum absolute atomic E-state index is 0.0567. The molecule has 1 heterocycles. The molecule has 100 valence electrons. The van der Waals surface area contributed by atoms with Gasteiger partial charge in [-0.05, 0) is 30.3 Å². The van der Waals surface area contributed by atoms with Gasteiger partial charge in [-0.25, -0.2) is 13.1 Å². The molecule has 0 bridgehead atoms. The number of nitrogens with zero attached hydrogens (tertiary/aromatic N) is 1. The molecule has 0 saturated heterocycles. The summed E-state index contributed by atoms with van der Waals surface area (Å²) >= 11 is 1.12. The summed E-state index contributed by atoms with van der Waals surface area (Å²) in [6.07, 6.45) is 0. The summed E-state index contributed by atoms with van der Waals surface area (Å²) < 4.78 is 16.0. The van der Waals surface area contributed by atoms with Crippen molar-refractivity contribution >= 4 is 27.6 Å². The van der Waals surface area contributed by atoms with Crippen LogP contribution in [0.3, 0.4) is 0 Å². The number of benzene rings is 2. The summed E-state index contributed by atoms with van der Waals surface area (Å²) in [5.74, 6) is -1.95. The molecule has 3 aromatic rings. The topological polar surface area (TPSA) is 59.3 Å². The van der Waals surface area contributed by atoms with E-state index in [1.165, 1.54) is 16.1 Å². The minimum atomic E-state index is -1.21. The van der Waals surface area contributed by atoms with Crippen molar-refractivity contribution in [3.05, 3.63) is 64.2 Å². The van der Waals surface area contributed by atoms with Gasteiger partial charge in [0.15, 0.2) is 0 Å². The van der Waals surface area contributed by atoms with Crippen LogP contribution in [0.5, 0.6) is 0 Å². The van der Waals surface area contributed by atoms with Crippen molar-refractivity contribution in [3.63, 3.8) is 0 Å². The number of hydrogen-bond acceptors (Lipinski definition) is 3. The first-order valence-corrected chi connectivity index (χ1v) is 6.49. The number of aromatic nitrogens is 1. The van der Waals surface area contributed by atoms with Crippen molar-refractivity contribution in [3.8, 4) is 5.69 Å². The lowest BCUT2D eigenvalue weighted by Crippen LogP contribution is -2.12. The summed E-state index contributed by atoms with van der Waals surface area (Å²) in [4.78, 5) is 23.0. The maximum atomic E-state index is 14.0. The molecule has 0 aliphatic rings. The minimum Gasteiger partial charge on any atom is -0.478 e. The summed E-state index contributed by atoms with van der Waals surface area (Å²) in [5.41, 5.74) is -0.408. The highest BCUT2D eigenvalue weighted by Crippen LogP contribution is 2.22. The Balaban J connectivity index is 2.23. The Kier molecular flexibility index (Phi) is 2.87. The van der Waals surface area contributed by atoms with Gasteiger partial charge >= 0.3 is 5.97 Å². The molecule has 0 aliphatic heterocycles. The molecule has 0 aliphatic carbocycles. The van der Waals surface area contributed by atoms with E-state index in [0.717, 1.165) is 22.3 Å². The molecule has 0 amide bonds. The number of fused-ring (bicyclic) bond motifs is 1. The highest BCUT2D eigenvalue weighted by atomic mass is 32.1. The molecule has 6 heteroatoms. The van der Waals surface area contributed by atoms with E-state index in [1.807, 2.05) is 0 Å². The van der Waals surface area contributed by atoms with Crippen molar-refractivity contribution < 1.29 is 14.3 Å². The van der Waals surface area contributed by atoms with Crippen LogP contribution in [0.25, 0.3) is 15.8 Å². The first-order valence-electron chi connectivity index (χ1n) is 5.72. The number of carboxylic acid groups (broad SMARTS) is 1. The lowest BCUT2D eigenvalue weighted by atomic mass is 10.2. The van der Waals surface area contributed by atoms with Crippen molar-refractivity contribution in [1.82, 2.24) is 3.96 Å². The Labute approximate surface area is 116 Å². The normalized spacial score (nSPS) is 10.8. The molecule has 0 saturated carbocycles. The second-order valence-corrected chi connectivity index (χ2v) is 5.15. The number of carbonyl (C=O) groups is 1. The fourth-order valence-corrected chi connectivity index (χ4v) is 2.95. The number of carboxylic acids is 1. The third-order valence-electron chi connectivity index (χ3n) is 2.90. The quantitative estimate of drug-likeness (QED) is 0.789. The first-order chi connectivity index (χ1) is 9.58. The Morgan fingerprint density at radius 3 is 2.60 bits per heavy atom. The van der Waals surface area contributed by atoms with Crippen LogP contribution in [0.1, 0.15) is 10.4 Å². The van der Waals surface area contributed by atoms with Crippen LogP contribution in [0.4, 0.5) is 4.39 Å². The predicted octanol–water partition coefficient (Wildman–Crippen LogP) is 2.89. The monoisotopic (exact) mass is 289 g/mol. The van der Waals surface area contributed by atoms with Gasteiger partial charge in [-0.15, -0.1) is 0 Å². The third-order valence-corrected chi connectivity index (χ3v) is 4.00. The van der Waals surface area contributed by atoms with Crippen molar-refractivity contribution in [1.29, 1.82) is 0 Å². The van der Waals surface area contributed by atoms with Crippen LogP contribution in [0.2, 0.25) is 0 Å². The molecule has 2 aromatic carbocycles. The lowest BCUT2D eigenvalue weighted by molar-refractivity contribution is 0.0696. The molecule has 0 radical (unpaired) electrons. The second-order valence-electron chi connectivity index (χ2n) is 4.16. The van der Waals surface area contributed by atoms with E-state index in [-0.39, 0.29) is 16.8 Å². The van der Waals surface area contributed by atoms with E-state index < -0.39 is 11.8 Å². The Bertz CT molecular complexity index is 882. The van der Waals surface area contributed by atoms with E-state index >= 15 is 0 Å². The Morgan fingerprint density at radius 1 is 1.20 bits per heavy atom. The van der Waals surface area contributed by atoms with Gasteiger partial charge in [0.25, 0.3) is 5.56 Å². The van der Waals surface area contributed by atoms with E-state index in [2.05, 4.69) is 0 Å². The molecular weight excluding hydrogens is 281 g/mol. The van der Waals surface area contributed by atoms with Crippen LogP contribution in [-0.2, 0) is 0 Å². The highest BCUT2D eigenvalue weighted by Gasteiger charge is 2.14. The van der Waals surface area contributed by atoms with Crippen molar-refractivity contribution in [2.24, 2.45) is 0 Å². The van der Waals surface area contributed by atoms with Crippen LogP contribution in [0, 0.1) is 5.82 Å². The summed E-state index contributed by atoms with van der Waals surface area (Å²) in [7, 11) is 0. The van der Waals surface area contributed by atoms with E-state index in [9.17, 15) is 14.0 Å². The molecule has 20 heavy (non-hydrogen) atoms. The van der Waals surface area contributed by atoms with Crippen LogP contribution < -0.4 is 5.56 Å². The molecule has 1 aromatic heterocycles. The maximum Gasteiger partial charge on any atom is 0.335 e. The number of rotatable bonds is 2. The largest absolute Gasteiger partial charge is 0.478 e. The van der Waals surface area contributed by atoms with Gasteiger partial charge in [0, 0.05) is 0 Å². The molecule has 3 rings (SSSR count).